The Morgan fingerprint density at radius 3 is 2.17 bits per heavy atom. The van der Waals surface area contributed by atoms with E-state index in [1.54, 1.807) is 54.6 Å². The number of amides is 1. The number of aliphatic hydroxyl groups is 1. The highest BCUT2D eigenvalue weighted by Crippen LogP contribution is 2.27. The van der Waals surface area contributed by atoms with Gasteiger partial charge >= 0.3 is 16.3 Å². The molecule has 164 valence electrons. The number of para-hydroxylation sites is 1. The van der Waals surface area contributed by atoms with E-state index in [0.29, 0.717) is 5.69 Å². The van der Waals surface area contributed by atoms with E-state index < -0.39 is 22.0 Å². The first-order chi connectivity index (χ1) is 14.1. The summed E-state index contributed by atoms with van der Waals surface area (Å²) < 4.78 is 30.1. The average molecular weight is 436 g/mol. The Bertz CT molecular complexity index is 907. The summed E-state index contributed by atoms with van der Waals surface area (Å²) in [5, 5.41) is 22.7. The quantitative estimate of drug-likeness (QED) is 0.405. The number of anilines is 1. The van der Waals surface area contributed by atoms with Gasteiger partial charge in [0, 0.05) is 31.6 Å². The summed E-state index contributed by atoms with van der Waals surface area (Å²) in [6.45, 7) is 3.65. The Labute approximate surface area is 177 Å². The van der Waals surface area contributed by atoms with Crippen LogP contribution in [0.4, 0.5) is 10.5 Å². The molecule has 2 aromatic rings. The third kappa shape index (κ3) is 7.01. The zero-order valence-electron chi connectivity index (χ0n) is 17.2. The van der Waals surface area contributed by atoms with Crippen LogP contribution in [0.15, 0.2) is 60.7 Å². The fourth-order valence-corrected chi connectivity index (χ4v) is 4.77. The first-order valence-corrected chi connectivity index (χ1v) is 11.1. The van der Waals surface area contributed by atoms with Crippen molar-refractivity contribution >= 4 is 22.0 Å². The summed E-state index contributed by atoms with van der Waals surface area (Å²) >= 11 is 0. The van der Waals surface area contributed by atoms with Gasteiger partial charge in [-0.15, -0.1) is 0 Å². The second-order valence-electron chi connectivity index (χ2n) is 7.52. The molecule has 0 aliphatic rings. The van der Waals surface area contributed by atoms with E-state index in [4.69, 9.17) is 5.11 Å². The van der Waals surface area contributed by atoms with Crippen molar-refractivity contribution in [2.45, 2.75) is 32.4 Å². The van der Waals surface area contributed by atoms with Crippen LogP contribution in [0.5, 0.6) is 0 Å². The zero-order valence-corrected chi connectivity index (χ0v) is 18.0. The summed E-state index contributed by atoms with van der Waals surface area (Å²) in [4.78, 5) is 10.9. The molecule has 2 rings (SSSR count). The average Bonchev–Trinajstić information content (AvgIpc) is 2.67. The lowest BCUT2D eigenvalue weighted by atomic mass is 9.98. The molecule has 0 heterocycles. The molecule has 0 saturated carbocycles. The summed E-state index contributed by atoms with van der Waals surface area (Å²) in [5.41, 5.74) is -0.731. The van der Waals surface area contributed by atoms with Gasteiger partial charge in [-0.1, -0.05) is 62.4 Å². The highest BCUT2D eigenvalue weighted by Gasteiger charge is 2.42. The van der Waals surface area contributed by atoms with Crippen LogP contribution in [0.1, 0.15) is 25.8 Å². The van der Waals surface area contributed by atoms with E-state index in [1.165, 1.54) is 0 Å². The Balaban J connectivity index is 2.41. The number of rotatable bonds is 11. The number of nitrogens with zero attached hydrogens (tertiary/aromatic N) is 1. The van der Waals surface area contributed by atoms with Gasteiger partial charge in [-0.3, -0.25) is 4.72 Å². The number of carbonyl (C=O) groups is 1. The molecule has 30 heavy (non-hydrogen) atoms. The standard InChI is InChI=1S/C21H29N3O5S/c1-17(2)16-24(30(28,29)23-19-11-7-4-8-12-19)21(27,13-14-22-20(25)26)15-18-9-5-3-6-10-18/h3-12,17,22-23,27H,13-16H2,1-2H3,(H,25,26). The SMILES string of the molecule is CC(C)CN(C(O)(CCNC(=O)O)Cc1ccccc1)S(=O)(=O)Nc1ccccc1. The van der Waals surface area contributed by atoms with Gasteiger partial charge in [0.1, 0.15) is 5.72 Å². The molecule has 0 fully saturated rings. The molecular weight excluding hydrogens is 406 g/mol. The van der Waals surface area contributed by atoms with Crippen LogP contribution < -0.4 is 10.0 Å². The van der Waals surface area contributed by atoms with Gasteiger partial charge in [0.15, 0.2) is 0 Å². The minimum atomic E-state index is -4.14. The highest BCUT2D eigenvalue weighted by molar-refractivity contribution is 7.90. The van der Waals surface area contributed by atoms with Crippen LogP contribution >= 0.6 is 0 Å². The maximum absolute atomic E-state index is 13.3. The van der Waals surface area contributed by atoms with E-state index >= 15 is 0 Å². The number of benzene rings is 2. The molecule has 1 unspecified atom stereocenters. The summed E-state index contributed by atoms with van der Waals surface area (Å²) in [5.74, 6) is -0.0768. The number of carboxylic acid groups (broad SMARTS) is 1. The van der Waals surface area contributed by atoms with Crippen molar-refractivity contribution in [2.24, 2.45) is 5.92 Å². The van der Waals surface area contributed by atoms with Gasteiger partial charge in [0.2, 0.25) is 0 Å². The van der Waals surface area contributed by atoms with E-state index in [-0.39, 0.29) is 31.8 Å². The maximum Gasteiger partial charge on any atom is 0.404 e. The zero-order chi connectivity index (χ0) is 22.2. The molecule has 0 spiro atoms. The molecule has 2 aromatic carbocycles. The third-order valence-corrected chi connectivity index (χ3v) is 6.00. The minimum absolute atomic E-state index is 0.0115. The van der Waals surface area contributed by atoms with Crippen LogP contribution in [0.25, 0.3) is 0 Å². The lowest BCUT2D eigenvalue weighted by Crippen LogP contribution is -2.57. The number of nitrogens with one attached hydrogen (secondary N) is 2. The van der Waals surface area contributed by atoms with Crippen molar-refractivity contribution < 1.29 is 23.4 Å². The van der Waals surface area contributed by atoms with Crippen molar-refractivity contribution in [1.29, 1.82) is 0 Å². The number of hydrogen-bond acceptors (Lipinski definition) is 4. The van der Waals surface area contributed by atoms with Gasteiger partial charge in [-0.25, -0.2) is 4.79 Å². The van der Waals surface area contributed by atoms with Gasteiger partial charge in [0.25, 0.3) is 0 Å². The molecule has 0 aliphatic carbocycles. The Hall–Kier alpha value is -2.62. The summed E-state index contributed by atoms with van der Waals surface area (Å²) in [6.07, 6.45) is -1.34. The summed E-state index contributed by atoms with van der Waals surface area (Å²) in [7, 11) is -4.14. The monoisotopic (exact) mass is 435 g/mol. The predicted molar refractivity (Wildman–Crippen MR) is 116 cm³/mol. The van der Waals surface area contributed by atoms with Crippen LogP contribution in [0.2, 0.25) is 0 Å². The normalized spacial score (nSPS) is 13.8. The van der Waals surface area contributed by atoms with Crippen LogP contribution in [-0.4, -0.2) is 47.8 Å². The molecule has 0 radical (unpaired) electrons. The molecule has 1 amide bonds. The molecule has 0 bridgehead atoms. The summed E-state index contributed by atoms with van der Waals surface area (Å²) in [6, 6.07) is 17.4. The van der Waals surface area contributed by atoms with E-state index in [1.807, 2.05) is 19.9 Å². The largest absolute Gasteiger partial charge is 0.465 e. The van der Waals surface area contributed by atoms with Crippen molar-refractivity contribution in [2.75, 3.05) is 17.8 Å². The van der Waals surface area contributed by atoms with E-state index in [9.17, 15) is 18.3 Å². The number of hydrogen-bond donors (Lipinski definition) is 4. The first kappa shape index (κ1) is 23.7. The van der Waals surface area contributed by atoms with Gasteiger partial charge in [-0.2, -0.15) is 12.7 Å². The smallest absolute Gasteiger partial charge is 0.404 e. The van der Waals surface area contributed by atoms with Crippen molar-refractivity contribution in [3.05, 3.63) is 66.2 Å². The second-order valence-corrected chi connectivity index (χ2v) is 9.12. The van der Waals surface area contributed by atoms with Gasteiger partial charge in [0.05, 0.1) is 0 Å². The van der Waals surface area contributed by atoms with Crippen molar-refractivity contribution in [3.63, 3.8) is 0 Å². The molecule has 1 atom stereocenters. The molecular formula is C21H29N3O5S. The van der Waals surface area contributed by atoms with Crippen molar-refractivity contribution in [1.82, 2.24) is 9.62 Å². The molecule has 0 saturated heterocycles. The first-order valence-electron chi connectivity index (χ1n) is 9.71. The van der Waals surface area contributed by atoms with Gasteiger partial charge in [-0.05, 0) is 23.6 Å². The van der Waals surface area contributed by atoms with E-state index in [2.05, 4.69) is 10.0 Å². The lowest BCUT2D eigenvalue weighted by molar-refractivity contribution is -0.0697. The molecule has 0 aliphatic heterocycles. The van der Waals surface area contributed by atoms with Crippen molar-refractivity contribution in [3.8, 4) is 0 Å². The van der Waals surface area contributed by atoms with Gasteiger partial charge < -0.3 is 15.5 Å². The van der Waals surface area contributed by atoms with Crippen LogP contribution in [0.3, 0.4) is 0 Å². The Kier molecular flexibility index (Phi) is 8.22. The second kappa shape index (κ2) is 10.4. The Morgan fingerprint density at radius 1 is 1.07 bits per heavy atom. The predicted octanol–water partition coefficient (Wildman–Crippen LogP) is 2.89. The lowest BCUT2D eigenvalue weighted by Gasteiger charge is -2.40. The third-order valence-electron chi connectivity index (χ3n) is 4.44. The highest BCUT2D eigenvalue weighted by atomic mass is 32.2. The minimum Gasteiger partial charge on any atom is -0.465 e. The Morgan fingerprint density at radius 2 is 1.63 bits per heavy atom. The molecule has 0 aromatic heterocycles. The fourth-order valence-electron chi connectivity index (χ4n) is 3.13. The molecule has 4 N–H and O–H groups in total. The van der Waals surface area contributed by atoms with Crippen LogP contribution in [-0.2, 0) is 16.6 Å². The maximum atomic E-state index is 13.3. The topological polar surface area (TPSA) is 119 Å². The van der Waals surface area contributed by atoms with Crippen LogP contribution in [0, 0.1) is 5.92 Å². The molecule has 8 nitrogen and oxygen atoms in total. The fraction of sp³-hybridized carbons (Fsp3) is 0.381. The van der Waals surface area contributed by atoms with E-state index in [0.717, 1.165) is 9.87 Å². The molecule has 9 heteroatoms.